The molecule has 0 fully saturated rings. The Hall–Kier alpha value is -4.15. The van der Waals surface area contributed by atoms with E-state index in [1.54, 1.807) is 0 Å². The smallest absolute Gasteiger partial charge is 0.140 e. The molecule has 1 aliphatic rings. The van der Waals surface area contributed by atoms with Crippen molar-refractivity contribution in [1.29, 1.82) is 0 Å². The average Bonchev–Trinajstić information content (AvgIpc) is 3.43. The quantitative estimate of drug-likeness (QED) is 0.342. The van der Waals surface area contributed by atoms with Crippen LogP contribution in [0.3, 0.4) is 0 Å². The second kappa shape index (κ2) is 8.57. The fourth-order valence-corrected chi connectivity index (χ4v) is 5.35. The molecule has 5 aromatic rings. The van der Waals surface area contributed by atoms with E-state index in [-0.39, 0.29) is 0 Å². The monoisotopic (exact) mass is 458 g/mol. The standard InChI is InChI=1S/C31H26N2O2/c34-30(20-21-35-28-19-11-10-18-27(28)30)29-22-33(23-32-29)31(24-12-4-1-5-13-24,25-14-6-2-7-15-25)26-16-8-3-9-17-26/h1-19,22-23,34H,20-21H2. The molecule has 0 spiro atoms. The summed E-state index contributed by atoms with van der Waals surface area (Å²) >= 11 is 0. The van der Waals surface area contributed by atoms with Crippen LogP contribution in [-0.2, 0) is 11.1 Å². The van der Waals surface area contributed by atoms with Crippen molar-refractivity contribution in [3.05, 3.63) is 156 Å². The van der Waals surface area contributed by atoms with Crippen LogP contribution in [0.15, 0.2) is 128 Å². The number of hydrogen-bond acceptors (Lipinski definition) is 3. The number of aromatic nitrogens is 2. The van der Waals surface area contributed by atoms with Gasteiger partial charge < -0.3 is 14.4 Å². The van der Waals surface area contributed by atoms with Crippen LogP contribution in [0.1, 0.15) is 34.4 Å². The van der Waals surface area contributed by atoms with E-state index in [1.807, 2.05) is 55.0 Å². The Bertz CT molecular complexity index is 1330. The van der Waals surface area contributed by atoms with E-state index in [9.17, 15) is 5.11 Å². The minimum Gasteiger partial charge on any atom is -0.493 e. The van der Waals surface area contributed by atoms with Crippen LogP contribution in [0.25, 0.3) is 0 Å². The van der Waals surface area contributed by atoms with E-state index in [1.165, 1.54) is 0 Å². The maximum atomic E-state index is 11.9. The molecule has 0 aliphatic carbocycles. The molecule has 1 aromatic heterocycles. The van der Waals surface area contributed by atoms with E-state index in [0.717, 1.165) is 22.3 Å². The molecule has 4 nitrogen and oxygen atoms in total. The number of aliphatic hydroxyl groups is 1. The molecule has 35 heavy (non-hydrogen) atoms. The third kappa shape index (κ3) is 3.37. The zero-order valence-electron chi connectivity index (χ0n) is 19.3. The molecule has 1 unspecified atom stereocenters. The summed E-state index contributed by atoms with van der Waals surface area (Å²) in [7, 11) is 0. The van der Waals surface area contributed by atoms with Gasteiger partial charge in [0.05, 0.1) is 18.6 Å². The van der Waals surface area contributed by atoms with Crippen molar-refractivity contribution in [2.45, 2.75) is 17.6 Å². The molecule has 1 N–H and O–H groups in total. The Balaban J connectivity index is 1.61. The topological polar surface area (TPSA) is 47.3 Å². The Morgan fingerprint density at radius 1 is 0.714 bits per heavy atom. The maximum Gasteiger partial charge on any atom is 0.140 e. The Labute approximate surface area is 205 Å². The largest absolute Gasteiger partial charge is 0.493 e. The van der Waals surface area contributed by atoms with Crippen LogP contribution in [0.5, 0.6) is 5.75 Å². The molecule has 1 atom stereocenters. The van der Waals surface area contributed by atoms with Gasteiger partial charge in [0.25, 0.3) is 0 Å². The van der Waals surface area contributed by atoms with Gasteiger partial charge >= 0.3 is 0 Å². The third-order valence-electron chi connectivity index (χ3n) is 7.02. The molecule has 0 saturated heterocycles. The van der Waals surface area contributed by atoms with Crippen LogP contribution in [0.2, 0.25) is 0 Å². The second-order valence-electron chi connectivity index (χ2n) is 8.93. The van der Waals surface area contributed by atoms with Crippen molar-refractivity contribution >= 4 is 0 Å². The molecule has 0 saturated carbocycles. The number of ether oxygens (including phenoxy) is 1. The number of imidazole rings is 1. The molecule has 6 rings (SSSR count). The predicted molar refractivity (Wildman–Crippen MR) is 136 cm³/mol. The van der Waals surface area contributed by atoms with E-state index in [0.29, 0.717) is 24.5 Å². The molecular weight excluding hydrogens is 432 g/mol. The van der Waals surface area contributed by atoms with E-state index < -0.39 is 11.1 Å². The SMILES string of the molecule is OC1(c2cn(C(c3ccccc3)(c3ccccc3)c3ccccc3)cn2)CCOc2ccccc21. The van der Waals surface area contributed by atoms with Gasteiger partial charge in [0.1, 0.15) is 16.9 Å². The van der Waals surface area contributed by atoms with Crippen molar-refractivity contribution in [3.63, 3.8) is 0 Å². The highest BCUT2D eigenvalue weighted by molar-refractivity contribution is 5.51. The molecule has 0 amide bonds. The van der Waals surface area contributed by atoms with Gasteiger partial charge in [-0.15, -0.1) is 0 Å². The highest BCUT2D eigenvalue weighted by Gasteiger charge is 2.43. The Morgan fingerprint density at radius 3 is 1.80 bits per heavy atom. The molecule has 0 bridgehead atoms. The number of para-hydroxylation sites is 1. The molecule has 0 radical (unpaired) electrons. The van der Waals surface area contributed by atoms with Crippen molar-refractivity contribution < 1.29 is 9.84 Å². The van der Waals surface area contributed by atoms with E-state index in [4.69, 9.17) is 9.72 Å². The van der Waals surface area contributed by atoms with Gasteiger partial charge in [-0.2, -0.15) is 0 Å². The number of fused-ring (bicyclic) bond motifs is 1. The number of nitrogens with zero attached hydrogens (tertiary/aromatic N) is 2. The third-order valence-corrected chi connectivity index (χ3v) is 7.02. The zero-order chi connectivity index (χ0) is 23.7. The van der Waals surface area contributed by atoms with Gasteiger partial charge in [0.2, 0.25) is 0 Å². The van der Waals surface area contributed by atoms with Crippen LogP contribution in [0.4, 0.5) is 0 Å². The van der Waals surface area contributed by atoms with Gasteiger partial charge in [-0.1, -0.05) is 109 Å². The first-order valence-corrected chi connectivity index (χ1v) is 11.9. The maximum absolute atomic E-state index is 11.9. The van der Waals surface area contributed by atoms with E-state index in [2.05, 4.69) is 77.4 Å². The van der Waals surface area contributed by atoms with Crippen molar-refractivity contribution in [1.82, 2.24) is 9.55 Å². The summed E-state index contributed by atoms with van der Waals surface area (Å²) < 4.78 is 7.97. The van der Waals surface area contributed by atoms with Gasteiger partial charge in [0.15, 0.2) is 0 Å². The molecular formula is C31H26N2O2. The Morgan fingerprint density at radius 2 is 1.23 bits per heavy atom. The minimum absolute atomic E-state index is 0.432. The van der Waals surface area contributed by atoms with Gasteiger partial charge in [-0.3, -0.25) is 0 Å². The second-order valence-corrected chi connectivity index (χ2v) is 8.93. The molecule has 1 aliphatic heterocycles. The zero-order valence-corrected chi connectivity index (χ0v) is 19.3. The first-order valence-electron chi connectivity index (χ1n) is 11.9. The van der Waals surface area contributed by atoms with Gasteiger partial charge in [-0.25, -0.2) is 4.98 Å². The number of rotatable bonds is 5. The highest BCUT2D eigenvalue weighted by atomic mass is 16.5. The number of hydrogen-bond donors (Lipinski definition) is 1. The van der Waals surface area contributed by atoms with Crippen LogP contribution in [-0.4, -0.2) is 21.3 Å². The number of benzene rings is 4. The normalized spacial score (nSPS) is 17.4. The van der Waals surface area contributed by atoms with Crippen molar-refractivity contribution in [2.24, 2.45) is 0 Å². The molecule has 4 heteroatoms. The lowest BCUT2D eigenvalue weighted by Gasteiger charge is -2.37. The lowest BCUT2D eigenvalue weighted by atomic mass is 9.76. The van der Waals surface area contributed by atoms with Crippen LogP contribution in [0, 0.1) is 0 Å². The first-order chi connectivity index (χ1) is 17.2. The van der Waals surface area contributed by atoms with Gasteiger partial charge in [0, 0.05) is 18.2 Å². The molecule has 4 aromatic carbocycles. The molecule has 2 heterocycles. The van der Waals surface area contributed by atoms with Crippen molar-refractivity contribution in [2.75, 3.05) is 6.61 Å². The summed E-state index contributed by atoms with van der Waals surface area (Å²) in [6.45, 7) is 0.432. The fourth-order valence-electron chi connectivity index (χ4n) is 5.35. The van der Waals surface area contributed by atoms with Crippen LogP contribution >= 0.6 is 0 Å². The highest BCUT2D eigenvalue weighted by Crippen LogP contribution is 2.44. The summed E-state index contributed by atoms with van der Waals surface area (Å²) in [4.78, 5) is 4.81. The average molecular weight is 459 g/mol. The summed E-state index contributed by atoms with van der Waals surface area (Å²) in [5.41, 5.74) is 2.80. The van der Waals surface area contributed by atoms with Gasteiger partial charge in [-0.05, 0) is 22.8 Å². The summed E-state index contributed by atoms with van der Waals surface area (Å²) in [5, 5.41) is 11.9. The summed E-state index contributed by atoms with van der Waals surface area (Å²) in [6.07, 6.45) is 4.28. The fraction of sp³-hybridized carbons (Fsp3) is 0.129. The van der Waals surface area contributed by atoms with Crippen molar-refractivity contribution in [3.8, 4) is 5.75 Å². The Kier molecular flexibility index (Phi) is 5.24. The lowest BCUT2D eigenvalue weighted by Crippen LogP contribution is -2.37. The summed E-state index contributed by atoms with van der Waals surface area (Å²) in [6, 6.07) is 39.1. The predicted octanol–water partition coefficient (Wildman–Crippen LogP) is 5.74. The first kappa shape index (κ1) is 21.4. The lowest BCUT2D eigenvalue weighted by molar-refractivity contribution is 0.0313. The molecule has 172 valence electrons. The minimum atomic E-state index is -1.23. The van der Waals surface area contributed by atoms with E-state index >= 15 is 0 Å². The van der Waals surface area contributed by atoms with Crippen LogP contribution < -0.4 is 4.74 Å². The summed E-state index contributed by atoms with van der Waals surface area (Å²) in [5.74, 6) is 0.705.